The number of hydrogen-bond acceptors (Lipinski definition) is 6. The fourth-order valence-electron chi connectivity index (χ4n) is 2.53. The van der Waals surface area contributed by atoms with Gasteiger partial charge in [0.25, 0.3) is 5.91 Å². The Morgan fingerprint density at radius 1 is 1.07 bits per heavy atom. The summed E-state index contributed by atoms with van der Waals surface area (Å²) in [6, 6.07) is 10.7. The fourth-order valence-corrected chi connectivity index (χ4v) is 2.53. The van der Waals surface area contributed by atoms with Crippen LogP contribution >= 0.6 is 0 Å². The Morgan fingerprint density at radius 3 is 2.44 bits per heavy atom. The summed E-state index contributed by atoms with van der Waals surface area (Å²) >= 11 is 0. The van der Waals surface area contributed by atoms with Crippen molar-refractivity contribution >= 4 is 17.8 Å². The van der Waals surface area contributed by atoms with Crippen LogP contribution in [0, 0.1) is 0 Å². The second-order valence-electron chi connectivity index (χ2n) is 5.92. The van der Waals surface area contributed by atoms with E-state index in [1.54, 1.807) is 19.1 Å². The number of ether oxygens (including phenoxy) is 3. The molecular weight excluding hydrogens is 352 g/mol. The predicted molar refractivity (Wildman–Crippen MR) is 94.4 cm³/mol. The molecule has 0 bridgehead atoms. The number of fused-ring (bicyclic) bond motifs is 1. The summed E-state index contributed by atoms with van der Waals surface area (Å²) in [5.74, 6) is -0.418. The molecule has 1 aliphatic heterocycles. The van der Waals surface area contributed by atoms with E-state index in [4.69, 9.17) is 19.9 Å². The molecule has 0 saturated carbocycles. The summed E-state index contributed by atoms with van der Waals surface area (Å²) in [5, 5.41) is 2.74. The van der Waals surface area contributed by atoms with Crippen molar-refractivity contribution in [2.75, 3.05) is 13.4 Å². The maximum atomic E-state index is 12.0. The Hall–Kier alpha value is -3.55. The van der Waals surface area contributed by atoms with Crippen LogP contribution < -0.4 is 20.5 Å². The van der Waals surface area contributed by atoms with Crippen LogP contribution in [0.25, 0.3) is 0 Å². The molecule has 3 rings (SSSR count). The number of rotatable bonds is 6. The summed E-state index contributed by atoms with van der Waals surface area (Å²) < 4.78 is 15.6. The van der Waals surface area contributed by atoms with Crippen molar-refractivity contribution in [3.05, 3.63) is 59.2 Å². The van der Waals surface area contributed by atoms with E-state index in [1.165, 1.54) is 24.3 Å². The first-order valence-electron chi connectivity index (χ1n) is 8.20. The molecule has 0 spiro atoms. The van der Waals surface area contributed by atoms with Gasteiger partial charge in [-0.25, -0.2) is 4.79 Å². The Morgan fingerprint density at radius 2 is 1.74 bits per heavy atom. The first-order valence-corrected chi connectivity index (χ1v) is 8.20. The molecule has 0 fully saturated rings. The summed E-state index contributed by atoms with van der Waals surface area (Å²) in [7, 11) is 0. The minimum absolute atomic E-state index is 0.176. The van der Waals surface area contributed by atoms with Gasteiger partial charge in [0, 0.05) is 5.56 Å². The molecule has 2 aromatic rings. The van der Waals surface area contributed by atoms with Crippen LogP contribution in [-0.2, 0) is 9.53 Å². The van der Waals surface area contributed by atoms with E-state index in [2.05, 4.69) is 5.32 Å². The van der Waals surface area contributed by atoms with Crippen molar-refractivity contribution in [1.29, 1.82) is 0 Å². The lowest BCUT2D eigenvalue weighted by atomic mass is 10.1. The van der Waals surface area contributed by atoms with E-state index in [9.17, 15) is 14.4 Å². The average molecular weight is 370 g/mol. The van der Waals surface area contributed by atoms with Crippen molar-refractivity contribution in [2.24, 2.45) is 5.73 Å². The molecule has 3 N–H and O–H groups in total. The molecule has 2 amide bonds. The van der Waals surface area contributed by atoms with Crippen molar-refractivity contribution in [3.8, 4) is 11.5 Å². The van der Waals surface area contributed by atoms with Gasteiger partial charge in [-0.3, -0.25) is 9.59 Å². The molecule has 8 nitrogen and oxygen atoms in total. The fraction of sp³-hybridized carbons (Fsp3) is 0.211. The van der Waals surface area contributed by atoms with Gasteiger partial charge in [-0.1, -0.05) is 6.07 Å². The van der Waals surface area contributed by atoms with Gasteiger partial charge in [-0.15, -0.1) is 0 Å². The summed E-state index contributed by atoms with van der Waals surface area (Å²) in [6.07, 6.45) is 0. The van der Waals surface area contributed by atoms with E-state index < -0.39 is 24.4 Å². The van der Waals surface area contributed by atoms with Crippen molar-refractivity contribution < 1.29 is 28.6 Å². The van der Waals surface area contributed by atoms with Gasteiger partial charge in [0.1, 0.15) is 0 Å². The molecule has 2 aromatic carbocycles. The molecular formula is C19H18N2O6. The van der Waals surface area contributed by atoms with Gasteiger partial charge < -0.3 is 25.3 Å². The topological polar surface area (TPSA) is 117 Å². The number of nitrogens with one attached hydrogen (secondary N) is 1. The van der Waals surface area contributed by atoms with Crippen LogP contribution in [0.1, 0.15) is 39.2 Å². The van der Waals surface area contributed by atoms with Gasteiger partial charge in [0.05, 0.1) is 11.6 Å². The number of esters is 1. The molecule has 0 aromatic heterocycles. The van der Waals surface area contributed by atoms with E-state index >= 15 is 0 Å². The zero-order chi connectivity index (χ0) is 19.4. The van der Waals surface area contributed by atoms with Crippen molar-refractivity contribution in [1.82, 2.24) is 5.32 Å². The van der Waals surface area contributed by atoms with Crippen LogP contribution in [0.15, 0.2) is 42.5 Å². The predicted octanol–water partition coefficient (Wildman–Crippen LogP) is 1.55. The van der Waals surface area contributed by atoms with Gasteiger partial charge in [0.15, 0.2) is 18.1 Å². The molecule has 0 radical (unpaired) electrons. The molecule has 1 atom stereocenters. The molecule has 8 heteroatoms. The zero-order valence-corrected chi connectivity index (χ0v) is 14.6. The van der Waals surface area contributed by atoms with E-state index in [1.807, 2.05) is 6.07 Å². The van der Waals surface area contributed by atoms with Crippen molar-refractivity contribution in [2.45, 2.75) is 13.0 Å². The number of amides is 2. The highest BCUT2D eigenvalue weighted by Crippen LogP contribution is 2.34. The van der Waals surface area contributed by atoms with Gasteiger partial charge >= 0.3 is 5.97 Å². The highest BCUT2D eigenvalue weighted by atomic mass is 16.7. The SMILES string of the molecule is CC(NC(=O)COC(=O)c1ccc(C(N)=O)cc1)c1ccc2c(c1)OCO2. The summed E-state index contributed by atoms with van der Waals surface area (Å²) in [4.78, 5) is 35.0. The molecule has 0 aliphatic carbocycles. The van der Waals surface area contributed by atoms with Crippen LogP contribution in [0.2, 0.25) is 0 Å². The molecule has 1 unspecified atom stereocenters. The third kappa shape index (κ3) is 4.35. The zero-order valence-electron chi connectivity index (χ0n) is 14.6. The molecule has 27 heavy (non-hydrogen) atoms. The maximum Gasteiger partial charge on any atom is 0.338 e. The Bertz CT molecular complexity index is 878. The maximum absolute atomic E-state index is 12.0. The molecule has 0 saturated heterocycles. The molecule has 1 heterocycles. The number of benzene rings is 2. The van der Waals surface area contributed by atoms with Gasteiger partial charge in [-0.2, -0.15) is 0 Å². The third-order valence-electron chi connectivity index (χ3n) is 4.01. The van der Waals surface area contributed by atoms with Crippen LogP contribution in [0.4, 0.5) is 0 Å². The minimum Gasteiger partial charge on any atom is -0.454 e. The number of primary amides is 1. The highest BCUT2D eigenvalue weighted by Gasteiger charge is 2.17. The van der Waals surface area contributed by atoms with E-state index in [0.29, 0.717) is 11.5 Å². The highest BCUT2D eigenvalue weighted by molar-refractivity contribution is 5.95. The smallest absolute Gasteiger partial charge is 0.338 e. The monoisotopic (exact) mass is 370 g/mol. The number of hydrogen-bond donors (Lipinski definition) is 2. The van der Waals surface area contributed by atoms with Crippen LogP contribution in [0.3, 0.4) is 0 Å². The summed E-state index contributed by atoms with van der Waals surface area (Å²) in [6.45, 7) is 1.56. The second kappa shape index (κ2) is 7.77. The third-order valence-corrected chi connectivity index (χ3v) is 4.01. The first-order chi connectivity index (χ1) is 12.9. The average Bonchev–Trinajstić information content (AvgIpc) is 3.13. The van der Waals surface area contributed by atoms with Crippen molar-refractivity contribution in [3.63, 3.8) is 0 Å². The summed E-state index contributed by atoms with van der Waals surface area (Å²) in [5.41, 5.74) is 6.47. The lowest BCUT2D eigenvalue weighted by Crippen LogP contribution is -2.31. The Kier molecular flexibility index (Phi) is 5.25. The minimum atomic E-state index is -0.670. The van der Waals surface area contributed by atoms with Gasteiger partial charge in [0.2, 0.25) is 12.7 Å². The number of carbonyl (C=O) groups excluding carboxylic acids is 3. The van der Waals surface area contributed by atoms with E-state index in [-0.39, 0.29) is 24.0 Å². The van der Waals surface area contributed by atoms with Gasteiger partial charge in [-0.05, 0) is 48.9 Å². The number of carbonyl (C=O) groups is 3. The Balaban J connectivity index is 1.51. The molecule has 140 valence electrons. The quantitative estimate of drug-likeness (QED) is 0.745. The first kappa shape index (κ1) is 18.2. The number of nitrogens with two attached hydrogens (primary N) is 1. The Labute approximate surface area is 155 Å². The lowest BCUT2D eigenvalue weighted by molar-refractivity contribution is -0.124. The second-order valence-corrected chi connectivity index (χ2v) is 5.92. The largest absolute Gasteiger partial charge is 0.454 e. The normalized spacial score (nSPS) is 12.9. The van der Waals surface area contributed by atoms with Crippen LogP contribution in [0.5, 0.6) is 11.5 Å². The molecule has 1 aliphatic rings. The van der Waals surface area contributed by atoms with E-state index in [0.717, 1.165) is 5.56 Å². The standard InChI is InChI=1S/C19H18N2O6/c1-11(14-6-7-15-16(8-14)27-10-26-15)21-17(22)9-25-19(24)13-4-2-12(3-5-13)18(20)23/h2-8,11H,9-10H2,1H3,(H2,20,23)(H,21,22). The van der Waals surface area contributed by atoms with Crippen LogP contribution in [-0.4, -0.2) is 31.2 Å². The lowest BCUT2D eigenvalue weighted by Gasteiger charge is -2.15.